The lowest BCUT2D eigenvalue weighted by Crippen LogP contribution is -2.32. The number of carboxylic acids is 1. The van der Waals surface area contributed by atoms with Crippen LogP contribution in [0.5, 0.6) is 0 Å². The van der Waals surface area contributed by atoms with Gasteiger partial charge in [-0.3, -0.25) is 4.79 Å². The molecule has 0 radical (unpaired) electrons. The Labute approximate surface area is 119 Å². The van der Waals surface area contributed by atoms with Crippen LogP contribution in [0.3, 0.4) is 0 Å². The summed E-state index contributed by atoms with van der Waals surface area (Å²) in [5.41, 5.74) is 1.22. The predicted molar refractivity (Wildman–Crippen MR) is 76.7 cm³/mol. The monoisotopic (exact) mass is 281 g/mol. The maximum Gasteiger partial charge on any atom is 0.303 e. The Morgan fingerprint density at radius 3 is 2.89 bits per heavy atom. The smallest absolute Gasteiger partial charge is 0.303 e. The van der Waals surface area contributed by atoms with Crippen molar-refractivity contribution in [3.8, 4) is 0 Å². The van der Waals surface area contributed by atoms with E-state index in [1.165, 1.54) is 12.0 Å². The lowest BCUT2D eigenvalue weighted by atomic mass is 9.94. The molecule has 3 nitrogen and oxygen atoms in total. The summed E-state index contributed by atoms with van der Waals surface area (Å²) in [5.74, 6) is -0.269. The lowest BCUT2D eigenvalue weighted by Gasteiger charge is -2.22. The third-order valence-corrected chi connectivity index (χ3v) is 4.14. The minimum absolute atomic E-state index is 0.233. The number of halogens is 1. The molecule has 2 unspecified atom stereocenters. The lowest BCUT2D eigenvalue weighted by molar-refractivity contribution is -0.137. The summed E-state index contributed by atoms with van der Waals surface area (Å²) in [6.45, 7) is 0.762. The van der Waals surface area contributed by atoms with E-state index in [-0.39, 0.29) is 6.42 Å². The fourth-order valence-electron chi connectivity index (χ4n) is 2.88. The van der Waals surface area contributed by atoms with Crippen LogP contribution in [-0.4, -0.2) is 23.7 Å². The van der Waals surface area contributed by atoms with Gasteiger partial charge in [-0.1, -0.05) is 36.2 Å². The number of rotatable bonds is 6. The Morgan fingerprint density at radius 2 is 2.16 bits per heavy atom. The van der Waals surface area contributed by atoms with Crippen molar-refractivity contribution in [3.05, 3.63) is 34.9 Å². The number of carboxylic acid groups (broad SMARTS) is 1. The van der Waals surface area contributed by atoms with Crippen molar-refractivity contribution in [2.24, 2.45) is 0 Å². The standard InChI is InChI=1S/C15H20ClNO2/c16-13-7-2-1-5-11(13)12-6-3-8-14(12)17-10-4-9-15(18)19/h1-2,5,7,12,14,17H,3-4,6,8-10H2,(H,18,19). The average Bonchev–Trinajstić information content (AvgIpc) is 2.83. The SMILES string of the molecule is O=C(O)CCCNC1CCCC1c1ccccc1Cl. The number of benzene rings is 1. The fourth-order valence-corrected chi connectivity index (χ4v) is 3.16. The maximum absolute atomic E-state index is 10.5. The highest BCUT2D eigenvalue weighted by atomic mass is 35.5. The summed E-state index contributed by atoms with van der Waals surface area (Å²) < 4.78 is 0. The molecule has 2 N–H and O–H groups in total. The summed E-state index contributed by atoms with van der Waals surface area (Å²) in [6.07, 6.45) is 4.41. The molecule has 1 fully saturated rings. The molecule has 0 saturated heterocycles. The first-order valence-electron chi connectivity index (χ1n) is 6.88. The van der Waals surface area contributed by atoms with Gasteiger partial charge in [0.15, 0.2) is 0 Å². The van der Waals surface area contributed by atoms with Crippen LogP contribution in [-0.2, 0) is 4.79 Å². The van der Waals surface area contributed by atoms with E-state index in [4.69, 9.17) is 16.7 Å². The summed E-state index contributed by atoms with van der Waals surface area (Å²) in [7, 11) is 0. The highest BCUT2D eigenvalue weighted by Gasteiger charge is 2.29. The third-order valence-electron chi connectivity index (χ3n) is 3.79. The van der Waals surface area contributed by atoms with Crippen molar-refractivity contribution >= 4 is 17.6 Å². The molecule has 0 aliphatic heterocycles. The zero-order chi connectivity index (χ0) is 13.7. The molecule has 19 heavy (non-hydrogen) atoms. The van der Waals surface area contributed by atoms with E-state index in [0.717, 1.165) is 24.4 Å². The maximum atomic E-state index is 10.5. The van der Waals surface area contributed by atoms with Gasteiger partial charge in [0.1, 0.15) is 0 Å². The second-order valence-corrected chi connectivity index (χ2v) is 5.52. The largest absolute Gasteiger partial charge is 0.481 e. The topological polar surface area (TPSA) is 49.3 Å². The van der Waals surface area contributed by atoms with Gasteiger partial charge in [-0.25, -0.2) is 0 Å². The summed E-state index contributed by atoms with van der Waals surface area (Å²) in [6, 6.07) is 8.45. The number of nitrogens with one attached hydrogen (secondary N) is 1. The van der Waals surface area contributed by atoms with Gasteiger partial charge in [0, 0.05) is 23.4 Å². The molecule has 1 aromatic rings. The molecule has 1 aliphatic carbocycles. The Bertz CT molecular complexity index is 436. The van der Waals surface area contributed by atoms with E-state index in [1.54, 1.807) is 0 Å². The molecule has 2 rings (SSSR count). The summed E-state index contributed by atoms with van der Waals surface area (Å²) >= 11 is 6.27. The van der Waals surface area contributed by atoms with Crippen LogP contribution >= 0.6 is 11.6 Å². The first-order chi connectivity index (χ1) is 9.18. The van der Waals surface area contributed by atoms with Crippen LogP contribution < -0.4 is 5.32 Å². The van der Waals surface area contributed by atoms with Crippen LogP contribution in [0.15, 0.2) is 24.3 Å². The molecule has 0 aromatic heterocycles. The van der Waals surface area contributed by atoms with E-state index in [0.29, 0.717) is 18.4 Å². The number of aliphatic carboxylic acids is 1. The molecule has 1 aromatic carbocycles. The normalized spacial score (nSPS) is 22.6. The Hall–Kier alpha value is -1.06. The van der Waals surface area contributed by atoms with Crippen molar-refractivity contribution in [3.63, 3.8) is 0 Å². The Morgan fingerprint density at radius 1 is 1.37 bits per heavy atom. The van der Waals surface area contributed by atoms with E-state index in [9.17, 15) is 4.79 Å². The van der Waals surface area contributed by atoms with Gasteiger partial charge in [-0.15, -0.1) is 0 Å². The number of hydrogen-bond acceptors (Lipinski definition) is 2. The second kappa shape index (κ2) is 6.92. The average molecular weight is 282 g/mol. The molecule has 0 spiro atoms. The molecular weight excluding hydrogens is 262 g/mol. The van der Waals surface area contributed by atoms with Crippen molar-refractivity contribution in [1.82, 2.24) is 5.32 Å². The first kappa shape index (κ1) is 14.4. The Kier molecular flexibility index (Phi) is 5.23. The molecule has 104 valence electrons. The Balaban J connectivity index is 1.90. The zero-order valence-corrected chi connectivity index (χ0v) is 11.7. The van der Waals surface area contributed by atoms with Crippen LogP contribution in [0.25, 0.3) is 0 Å². The van der Waals surface area contributed by atoms with Gasteiger partial charge in [0.25, 0.3) is 0 Å². The van der Waals surface area contributed by atoms with Gasteiger partial charge in [-0.2, -0.15) is 0 Å². The van der Waals surface area contributed by atoms with E-state index < -0.39 is 5.97 Å². The minimum Gasteiger partial charge on any atom is -0.481 e. The zero-order valence-electron chi connectivity index (χ0n) is 10.9. The number of hydrogen-bond donors (Lipinski definition) is 2. The highest BCUT2D eigenvalue weighted by Crippen LogP contribution is 2.37. The van der Waals surface area contributed by atoms with Gasteiger partial charge in [0.05, 0.1) is 0 Å². The van der Waals surface area contributed by atoms with E-state index in [2.05, 4.69) is 11.4 Å². The minimum atomic E-state index is -0.726. The molecule has 0 bridgehead atoms. The van der Waals surface area contributed by atoms with Crippen LogP contribution in [0.1, 0.15) is 43.6 Å². The third kappa shape index (κ3) is 3.95. The predicted octanol–water partition coefficient (Wildman–Crippen LogP) is 3.43. The molecule has 1 aliphatic rings. The molecule has 1 saturated carbocycles. The number of carbonyl (C=O) groups is 1. The van der Waals surface area contributed by atoms with E-state index in [1.807, 2.05) is 18.2 Å². The van der Waals surface area contributed by atoms with Crippen molar-refractivity contribution in [1.29, 1.82) is 0 Å². The van der Waals surface area contributed by atoms with Crippen molar-refractivity contribution in [2.45, 2.75) is 44.1 Å². The van der Waals surface area contributed by atoms with Crippen LogP contribution in [0, 0.1) is 0 Å². The molecule has 0 heterocycles. The van der Waals surface area contributed by atoms with Crippen molar-refractivity contribution in [2.75, 3.05) is 6.54 Å². The molecule has 0 amide bonds. The fraction of sp³-hybridized carbons (Fsp3) is 0.533. The van der Waals surface area contributed by atoms with Gasteiger partial charge >= 0.3 is 5.97 Å². The second-order valence-electron chi connectivity index (χ2n) is 5.12. The first-order valence-corrected chi connectivity index (χ1v) is 7.26. The molecular formula is C15H20ClNO2. The highest BCUT2D eigenvalue weighted by molar-refractivity contribution is 6.31. The molecule has 2 atom stereocenters. The van der Waals surface area contributed by atoms with Crippen molar-refractivity contribution < 1.29 is 9.90 Å². The summed E-state index contributed by atoms with van der Waals surface area (Å²) in [5, 5.41) is 13.0. The quantitative estimate of drug-likeness (QED) is 0.786. The van der Waals surface area contributed by atoms with Gasteiger partial charge in [-0.05, 0) is 37.4 Å². The van der Waals surface area contributed by atoms with Gasteiger partial charge < -0.3 is 10.4 Å². The van der Waals surface area contributed by atoms with Crippen LogP contribution in [0.4, 0.5) is 0 Å². The summed E-state index contributed by atoms with van der Waals surface area (Å²) in [4.78, 5) is 10.5. The van der Waals surface area contributed by atoms with Crippen LogP contribution in [0.2, 0.25) is 5.02 Å². The van der Waals surface area contributed by atoms with Gasteiger partial charge in [0.2, 0.25) is 0 Å². The molecule has 4 heteroatoms. The van der Waals surface area contributed by atoms with E-state index >= 15 is 0 Å².